The van der Waals surface area contributed by atoms with Gasteiger partial charge in [0.05, 0.1) is 7.11 Å². The van der Waals surface area contributed by atoms with Crippen molar-refractivity contribution in [2.24, 2.45) is 0 Å². The number of amides is 1. The van der Waals surface area contributed by atoms with Crippen LogP contribution in [0.15, 0.2) is 54.6 Å². The van der Waals surface area contributed by atoms with E-state index in [4.69, 9.17) is 9.47 Å². The lowest BCUT2D eigenvalue weighted by Crippen LogP contribution is -2.29. The van der Waals surface area contributed by atoms with Gasteiger partial charge in [-0.15, -0.1) is 0 Å². The molecular weight excluding hydrogens is 325 g/mol. The first kappa shape index (κ1) is 18.2. The number of rotatable bonds is 6. The highest BCUT2D eigenvalue weighted by molar-refractivity contribution is 5.96. The van der Waals surface area contributed by atoms with Gasteiger partial charge in [-0.2, -0.15) is 0 Å². The number of esters is 1. The SMILES string of the molecule is COc1ccc(NC(=O)C(C)OC(=O)/C=C/c2cccc(F)c2)cc1. The zero-order valence-corrected chi connectivity index (χ0v) is 13.9. The highest BCUT2D eigenvalue weighted by atomic mass is 19.1. The molecule has 6 heteroatoms. The quantitative estimate of drug-likeness (QED) is 0.645. The second-order valence-corrected chi connectivity index (χ2v) is 5.19. The summed E-state index contributed by atoms with van der Waals surface area (Å²) in [6.45, 7) is 1.47. The van der Waals surface area contributed by atoms with Crippen LogP contribution in [0.1, 0.15) is 12.5 Å². The number of hydrogen-bond donors (Lipinski definition) is 1. The largest absolute Gasteiger partial charge is 0.497 e. The van der Waals surface area contributed by atoms with E-state index in [-0.39, 0.29) is 0 Å². The number of carbonyl (C=O) groups is 2. The van der Waals surface area contributed by atoms with Gasteiger partial charge in [0.15, 0.2) is 6.10 Å². The van der Waals surface area contributed by atoms with Crippen molar-refractivity contribution in [3.05, 3.63) is 66.0 Å². The summed E-state index contributed by atoms with van der Waals surface area (Å²) in [5.41, 5.74) is 1.08. The van der Waals surface area contributed by atoms with Crippen molar-refractivity contribution in [1.29, 1.82) is 0 Å². The van der Waals surface area contributed by atoms with Crippen LogP contribution in [0.2, 0.25) is 0 Å². The van der Waals surface area contributed by atoms with Crippen molar-refractivity contribution in [1.82, 2.24) is 0 Å². The Hall–Kier alpha value is -3.15. The molecule has 0 aromatic heterocycles. The number of benzene rings is 2. The fourth-order valence-corrected chi connectivity index (χ4v) is 1.96. The summed E-state index contributed by atoms with van der Waals surface area (Å²) in [4.78, 5) is 23.8. The molecule has 0 spiro atoms. The number of halogens is 1. The molecule has 1 N–H and O–H groups in total. The normalized spacial score (nSPS) is 11.8. The molecule has 0 radical (unpaired) electrons. The van der Waals surface area contributed by atoms with Crippen LogP contribution in [-0.2, 0) is 14.3 Å². The van der Waals surface area contributed by atoms with E-state index < -0.39 is 23.8 Å². The molecule has 5 nitrogen and oxygen atoms in total. The Balaban J connectivity index is 1.87. The Kier molecular flexibility index (Phi) is 6.28. The van der Waals surface area contributed by atoms with E-state index in [2.05, 4.69) is 5.32 Å². The second-order valence-electron chi connectivity index (χ2n) is 5.19. The average Bonchev–Trinajstić information content (AvgIpc) is 2.60. The number of carbonyl (C=O) groups excluding carboxylic acids is 2. The van der Waals surface area contributed by atoms with E-state index in [0.717, 1.165) is 6.08 Å². The minimum Gasteiger partial charge on any atom is -0.497 e. The van der Waals surface area contributed by atoms with Crippen molar-refractivity contribution in [3.63, 3.8) is 0 Å². The van der Waals surface area contributed by atoms with Crippen molar-refractivity contribution < 1.29 is 23.5 Å². The van der Waals surface area contributed by atoms with Gasteiger partial charge < -0.3 is 14.8 Å². The van der Waals surface area contributed by atoms with Crippen LogP contribution in [0.25, 0.3) is 6.08 Å². The number of ether oxygens (including phenoxy) is 2. The van der Waals surface area contributed by atoms with Crippen molar-refractivity contribution in [2.75, 3.05) is 12.4 Å². The molecule has 0 saturated carbocycles. The molecule has 25 heavy (non-hydrogen) atoms. The van der Waals surface area contributed by atoms with Crippen molar-refractivity contribution in [2.45, 2.75) is 13.0 Å². The van der Waals surface area contributed by atoms with Gasteiger partial charge in [0.2, 0.25) is 0 Å². The second kappa shape index (κ2) is 8.63. The third kappa shape index (κ3) is 5.76. The maximum atomic E-state index is 13.1. The highest BCUT2D eigenvalue weighted by Crippen LogP contribution is 2.15. The van der Waals surface area contributed by atoms with Gasteiger partial charge in [0, 0.05) is 11.8 Å². The van der Waals surface area contributed by atoms with E-state index in [0.29, 0.717) is 17.0 Å². The highest BCUT2D eigenvalue weighted by Gasteiger charge is 2.16. The molecule has 0 aliphatic carbocycles. The Morgan fingerprint density at radius 3 is 2.52 bits per heavy atom. The monoisotopic (exact) mass is 343 g/mol. The van der Waals surface area contributed by atoms with Crippen LogP contribution in [0.5, 0.6) is 5.75 Å². The fraction of sp³-hybridized carbons (Fsp3) is 0.158. The molecule has 2 aromatic carbocycles. The standard InChI is InChI=1S/C19H18FNO4/c1-13(19(23)21-16-7-9-17(24-2)10-8-16)25-18(22)11-6-14-4-3-5-15(20)12-14/h3-13H,1-2H3,(H,21,23)/b11-6+. The number of hydrogen-bond acceptors (Lipinski definition) is 4. The molecule has 1 unspecified atom stereocenters. The molecule has 0 saturated heterocycles. The predicted molar refractivity (Wildman–Crippen MR) is 92.6 cm³/mol. The Morgan fingerprint density at radius 1 is 1.16 bits per heavy atom. The van der Waals surface area contributed by atoms with Gasteiger partial charge >= 0.3 is 5.97 Å². The van der Waals surface area contributed by atoms with E-state index in [1.54, 1.807) is 37.4 Å². The number of methoxy groups -OCH3 is 1. The zero-order valence-electron chi connectivity index (χ0n) is 13.9. The Labute approximate surface area is 145 Å². The van der Waals surface area contributed by atoms with Crippen molar-refractivity contribution in [3.8, 4) is 5.75 Å². The number of anilines is 1. The molecule has 0 aliphatic rings. The molecule has 0 fully saturated rings. The van der Waals surface area contributed by atoms with Gasteiger partial charge in [0.1, 0.15) is 11.6 Å². The van der Waals surface area contributed by atoms with Crippen molar-refractivity contribution >= 4 is 23.6 Å². The predicted octanol–water partition coefficient (Wildman–Crippen LogP) is 3.42. The molecule has 2 rings (SSSR count). The van der Waals surface area contributed by atoms with Crippen LogP contribution < -0.4 is 10.1 Å². The topological polar surface area (TPSA) is 64.6 Å². The van der Waals surface area contributed by atoms with Crippen LogP contribution in [0.4, 0.5) is 10.1 Å². The number of nitrogens with one attached hydrogen (secondary N) is 1. The van der Waals surface area contributed by atoms with Gasteiger partial charge in [0.25, 0.3) is 5.91 Å². The lowest BCUT2D eigenvalue weighted by Gasteiger charge is -2.12. The van der Waals surface area contributed by atoms with Crippen LogP contribution in [0, 0.1) is 5.82 Å². The Bertz CT molecular complexity index is 771. The molecule has 1 amide bonds. The first-order valence-electron chi connectivity index (χ1n) is 7.57. The smallest absolute Gasteiger partial charge is 0.331 e. The Morgan fingerprint density at radius 2 is 1.88 bits per heavy atom. The third-order valence-electron chi connectivity index (χ3n) is 3.28. The molecule has 1 atom stereocenters. The van der Waals surface area contributed by atoms with Gasteiger partial charge in [-0.25, -0.2) is 9.18 Å². The zero-order chi connectivity index (χ0) is 18.2. The van der Waals surface area contributed by atoms with Gasteiger partial charge in [-0.05, 0) is 55.0 Å². The minimum absolute atomic E-state index is 0.400. The first-order chi connectivity index (χ1) is 12.0. The van der Waals surface area contributed by atoms with E-state index in [1.165, 1.54) is 31.2 Å². The maximum Gasteiger partial charge on any atom is 0.331 e. The van der Waals surface area contributed by atoms with Crippen LogP contribution >= 0.6 is 0 Å². The third-order valence-corrected chi connectivity index (χ3v) is 3.28. The van der Waals surface area contributed by atoms with E-state index in [9.17, 15) is 14.0 Å². The summed E-state index contributed by atoms with van der Waals surface area (Å²) in [6, 6.07) is 12.5. The van der Waals surface area contributed by atoms with Gasteiger partial charge in [-0.3, -0.25) is 4.79 Å². The molecule has 0 heterocycles. The average molecular weight is 343 g/mol. The van der Waals surface area contributed by atoms with Crippen LogP contribution in [0.3, 0.4) is 0 Å². The fourth-order valence-electron chi connectivity index (χ4n) is 1.96. The molecule has 0 aliphatic heterocycles. The maximum absolute atomic E-state index is 13.1. The van der Waals surface area contributed by atoms with Crippen LogP contribution in [-0.4, -0.2) is 25.1 Å². The summed E-state index contributed by atoms with van der Waals surface area (Å²) < 4.78 is 23.1. The van der Waals surface area contributed by atoms with E-state index in [1.807, 2.05) is 0 Å². The molecule has 130 valence electrons. The summed E-state index contributed by atoms with van der Waals surface area (Å²) in [5.74, 6) is -0.887. The minimum atomic E-state index is -0.980. The lowest BCUT2D eigenvalue weighted by molar-refractivity contribution is -0.148. The molecular formula is C19H18FNO4. The molecule has 2 aromatic rings. The van der Waals surface area contributed by atoms with Gasteiger partial charge in [-0.1, -0.05) is 12.1 Å². The first-order valence-corrected chi connectivity index (χ1v) is 7.57. The summed E-state index contributed by atoms with van der Waals surface area (Å²) in [6.07, 6.45) is 1.58. The summed E-state index contributed by atoms with van der Waals surface area (Å²) >= 11 is 0. The lowest BCUT2D eigenvalue weighted by atomic mass is 10.2. The summed E-state index contributed by atoms with van der Waals surface area (Å²) in [5, 5.41) is 2.63. The van der Waals surface area contributed by atoms with E-state index >= 15 is 0 Å². The molecule has 0 bridgehead atoms. The summed E-state index contributed by atoms with van der Waals surface area (Å²) in [7, 11) is 1.55.